The highest BCUT2D eigenvalue weighted by atomic mass is 16.5. The van der Waals surface area contributed by atoms with Crippen molar-refractivity contribution in [2.24, 2.45) is 5.92 Å². The zero-order chi connectivity index (χ0) is 15.1. The summed E-state index contributed by atoms with van der Waals surface area (Å²) in [7, 11) is 0. The molecular formula is C18H29NO2. The van der Waals surface area contributed by atoms with Crippen molar-refractivity contribution in [3.63, 3.8) is 0 Å². The van der Waals surface area contributed by atoms with Crippen LogP contribution in [0.25, 0.3) is 0 Å². The molecular weight excluding hydrogens is 262 g/mol. The number of rotatable bonds is 7. The van der Waals surface area contributed by atoms with Crippen molar-refractivity contribution in [3.8, 4) is 5.75 Å². The van der Waals surface area contributed by atoms with Crippen LogP contribution >= 0.6 is 0 Å². The minimum atomic E-state index is -0.461. The van der Waals surface area contributed by atoms with Crippen LogP contribution in [-0.4, -0.2) is 30.4 Å². The molecule has 0 heterocycles. The first kappa shape index (κ1) is 16.3. The van der Waals surface area contributed by atoms with Crippen molar-refractivity contribution < 1.29 is 9.84 Å². The molecule has 21 heavy (non-hydrogen) atoms. The molecule has 2 unspecified atom stereocenters. The van der Waals surface area contributed by atoms with Crippen LogP contribution in [-0.2, 0) is 0 Å². The summed E-state index contributed by atoms with van der Waals surface area (Å²) in [5.41, 5.74) is 1.21. The molecule has 3 heteroatoms. The Kier molecular flexibility index (Phi) is 6.52. The molecule has 2 rings (SSSR count). The van der Waals surface area contributed by atoms with Gasteiger partial charge in [-0.1, -0.05) is 37.0 Å². The molecule has 0 saturated heterocycles. The lowest BCUT2D eigenvalue weighted by atomic mass is 9.84. The summed E-state index contributed by atoms with van der Waals surface area (Å²) in [4.78, 5) is 0. The summed E-state index contributed by atoms with van der Waals surface area (Å²) >= 11 is 0. The summed E-state index contributed by atoms with van der Waals surface area (Å²) in [5.74, 6) is 1.59. The van der Waals surface area contributed by atoms with E-state index in [0.29, 0.717) is 19.2 Å². The highest BCUT2D eigenvalue weighted by molar-refractivity contribution is 5.26. The van der Waals surface area contributed by atoms with E-state index < -0.39 is 6.10 Å². The normalized spacial score (nSPS) is 19.2. The highest BCUT2D eigenvalue weighted by Gasteiger charge is 2.20. The van der Waals surface area contributed by atoms with Crippen LogP contribution in [0.2, 0.25) is 0 Å². The van der Waals surface area contributed by atoms with Gasteiger partial charge in [0.15, 0.2) is 0 Å². The molecule has 1 fully saturated rings. The maximum Gasteiger partial charge on any atom is 0.119 e. The second-order valence-corrected chi connectivity index (χ2v) is 6.37. The van der Waals surface area contributed by atoms with Gasteiger partial charge in [-0.2, -0.15) is 0 Å². The Labute approximate surface area is 128 Å². The van der Waals surface area contributed by atoms with Crippen molar-refractivity contribution >= 4 is 0 Å². The first-order chi connectivity index (χ1) is 10.1. The first-order valence-corrected chi connectivity index (χ1v) is 8.26. The molecule has 2 N–H and O–H groups in total. The zero-order valence-corrected chi connectivity index (χ0v) is 13.3. The smallest absolute Gasteiger partial charge is 0.119 e. The van der Waals surface area contributed by atoms with Crippen molar-refractivity contribution in [2.45, 2.75) is 58.1 Å². The van der Waals surface area contributed by atoms with Crippen molar-refractivity contribution in [2.75, 3.05) is 13.2 Å². The van der Waals surface area contributed by atoms with Gasteiger partial charge in [-0.25, -0.2) is 0 Å². The summed E-state index contributed by atoms with van der Waals surface area (Å²) in [6.07, 6.45) is 6.29. The van der Waals surface area contributed by atoms with E-state index in [0.717, 1.165) is 11.7 Å². The molecule has 0 radical (unpaired) electrons. The van der Waals surface area contributed by atoms with Crippen molar-refractivity contribution in [1.82, 2.24) is 5.32 Å². The van der Waals surface area contributed by atoms with Crippen LogP contribution in [0.15, 0.2) is 24.3 Å². The monoisotopic (exact) mass is 291 g/mol. The van der Waals surface area contributed by atoms with Gasteiger partial charge < -0.3 is 15.2 Å². The maximum atomic E-state index is 10.0. The maximum absolute atomic E-state index is 10.0. The molecule has 0 spiro atoms. The largest absolute Gasteiger partial charge is 0.491 e. The van der Waals surface area contributed by atoms with E-state index in [1.54, 1.807) is 0 Å². The first-order valence-electron chi connectivity index (χ1n) is 8.26. The van der Waals surface area contributed by atoms with Gasteiger partial charge in [0.1, 0.15) is 18.5 Å². The topological polar surface area (TPSA) is 41.5 Å². The number of benzene rings is 1. The molecule has 1 aromatic rings. The van der Waals surface area contributed by atoms with E-state index in [1.807, 2.05) is 24.3 Å². The fourth-order valence-electron chi connectivity index (χ4n) is 3.01. The Bertz CT molecular complexity index is 398. The van der Waals surface area contributed by atoms with Gasteiger partial charge in [0, 0.05) is 12.6 Å². The molecule has 0 aliphatic heterocycles. The molecule has 1 aliphatic carbocycles. The third kappa shape index (κ3) is 5.68. The van der Waals surface area contributed by atoms with Gasteiger partial charge >= 0.3 is 0 Å². The zero-order valence-electron chi connectivity index (χ0n) is 13.3. The summed E-state index contributed by atoms with van der Waals surface area (Å²) < 4.78 is 5.61. The fourth-order valence-corrected chi connectivity index (χ4v) is 3.01. The van der Waals surface area contributed by atoms with Crippen LogP contribution in [0.1, 0.15) is 44.6 Å². The molecule has 1 aromatic carbocycles. The Balaban J connectivity index is 1.64. The SMILES string of the molecule is Cc1ccc(OCC(O)CNC(C)C2CCCCC2)cc1. The average Bonchev–Trinajstić information content (AvgIpc) is 2.53. The van der Waals surface area contributed by atoms with Crippen molar-refractivity contribution in [3.05, 3.63) is 29.8 Å². The number of hydrogen-bond donors (Lipinski definition) is 2. The molecule has 0 amide bonds. The third-order valence-electron chi connectivity index (χ3n) is 4.50. The van der Waals surface area contributed by atoms with Gasteiger partial charge in [0.25, 0.3) is 0 Å². The van der Waals surface area contributed by atoms with E-state index >= 15 is 0 Å². The van der Waals surface area contributed by atoms with Crippen LogP contribution in [0.3, 0.4) is 0 Å². The molecule has 3 nitrogen and oxygen atoms in total. The Morgan fingerprint density at radius 2 is 1.86 bits per heavy atom. The quantitative estimate of drug-likeness (QED) is 0.810. The Hall–Kier alpha value is -1.06. The van der Waals surface area contributed by atoms with E-state index in [-0.39, 0.29) is 0 Å². The second-order valence-electron chi connectivity index (χ2n) is 6.37. The van der Waals surface area contributed by atoms with Crippen LogP contribution < -0.4 is 10.1 Å². The lowest BCUT2D eigenvalue weighted by Gasteiger charge is -2.29. The second kappa shape index (κ2) is 8.40. The molecule has 1 aliphatic rings. The predicted octanol–water partition coefficient (Wildman–Crippen LogP) is 3.29. The van der Waals surface area contributed by atoms with Gasteiger partial charge in [0.05, 0.1) is 0 Å². The number of aliphatic hydroxyl groups is 1. The number of nitrogens with one attached hydrogen (secondary N) is 1. The summed E-state index contributed by atoms with van der Waals surface area (Å²) in [6, 6.07) is 8.41. The van der Waals surface area contributed by atoms with E-state index in [9.17, 15) is 5.11 Å². The van der Waals surface area contributed by atoms with Gasteiger partial charge in [-0.3, -0.25) is 0 Å². The Morgan fingerprint density at radius 3 is 2.52 bits per heavy atom. The van der Waals surface area contributed by atoms with E-state index in [2.05, 4.69) is 19.2 Å². The molecule has 118 valence electrons. The minimum absolute atomic E-state index is 0.341. The molecule has 2 atom stereocenters. The van der Waals surface area contributed by atoms with Gasteiger partial charge in [0.2, 0.25) is 0 Å². The summed E-state index contributed by atoms with van der Waals surface area (Å²) in [5, 5.41) is 13.5. The molecule has 0 aromatic heterocycles. The highest BCUT2D eigenvalue weighted by Crippen LogP contribution is 2.26. The van der Waals surface area contributed by atoms with E-state index in [1.165, 1.54) is 37.7 Å². The molecule has 1 saturated carbocycles. The average molecular weight is 291 g/mol. The fraction of sp³-hybridized carbons (Fsp3) is 0.667. The van der Waals surface area contributed by atoms with Crippen LogP contribution in [0.5, 0.6) is 5.75 Å². The standard InChI is InChI=1S/C18H29NO2/c1-14-8-10-18(11-9-14)21-13-17(20)12-19-15(2)16-6-4-3-5-7-16/h8-11,15-17,19-20H,3-7,12-13H2,1-2H3. The van der Waals surface area contributed by atoms with Crippen molar-refractivity contribution in [1.29, 1.82) is 0 Å². The van der Waals surface area contributed by atoms with Crippen LogP contribution in [0, 0.1) is 12.8 Å². The minimum Gasteiger partial charge on any atom is -0.491 e. The van der Waals surface area contributed by atoms with Gasteiger partial charge in [-0.05, 0) is 44.7 Å². The lowest BCUT2D eigenvalue weighted by Crippen LogP contribution is -2.40. The number of aryl methyl sites for hydroxylation is 1. The third-order valence-corrected chi connectivity index (χ3v) is 4.50. The predicted molar refractivity (Wildman–Crippen MR) is 86.7 cm³/mol. The Morgan fingerprint density at radius 1 is 1.19 bits per heavy atom. The van der Waals surface area contributed by atoms with E-state index in [4.69, 9.17) is 4.74 Å². The number of ether oxygens (including phenoxy) is 1. The van der Waals surface area contributed by atoms with Crippen LogP contribution in [0.4, 0.5) is 0 Å². The number of aliphatic hydroxyl groups excluding tert-OH is 1. The number of hydrogen-bond acceptors (Lipinski definition) is 3. The lowest BCUT2D eigenvalue weighted by molar-refractivity contribution is 0.100. The van der Waals surface area contributed by atoms with Gasteiger partial charge in [-0.15, -0.1) is 0 Å². The summed E-state index contributed by atoms with van der Waals surface area (Å²) in [6.45, 7) is 5.23. The molecule has 0 bridgehead atoms.